The predicted molar refractivity (Wildman–Crippen MR) is 97.6 cm³/mol. The molecule has 2 aromatic heterocycles. The fourth-order valence-corrected chi connectivity index (χ4v) is 3.83. The van der Waals surface area contributed by atoms with Gasteiger partial charge in [-0.1, -0.05) is 0 Å². The number of amides is 1. The number of halogens is 1. The van der Waals surface area contributed by atoms with Gasteiger partial charge in [-0.3, -0.25) is 4.90 Å². The number of carbonyl (C=O) groups is 1. The van der Waals surface area contributed by atoms with E-state index in [4.69, 9.17) is 9.72 Å². The SMILES string of the molecule is CC(C)(C)OC(=O)N1CCCC1c1cn2cc(Br)nc(C3CC3)c2n1. The molecule has 6 nitrogen and oxygen atoms in total. The predicted octanol–water partition coefficient (Wildman–Crippen LogP) is 4.44. The zero-order valence-electron chi connectivity index (χ0n) is 14.8. The lowest BCUT2D eigenvalue weighted by atomic mass is 10.1. The van der Waals surface area contributed by atoms with Crippen molar-refractivity contribution in [1.82, 2.24) is 19.3 Å². The van der Waals surface area contributed by atoms with Gasteiger partial charge in [-0.15, -0.1) is 0 Å². The van der Waals surface area contributed by atoms with Gasteiger partial charge in [0, 0.05) is 24.9 Å². The molecule has 1 saturated heterocycles. The lowest BCUT2D eigenvalue weighted by Crippen LogP contribution is -2.36. The van der Waals surface area contributed by atoms with Crippen molar-refractivity contribution in [2.45, 2.75) is 64.0 Å². The molecule has 7 heteroatoms. The van der Waals surface area contributed by atoms with Crippen molar-refractivity contribution >= 4 is 27.7 Å². The average Bonchev–Trinajstić information content (AvgIpc) is 3.07. The number of ether oxygens (including phenoxy) is 1. The number of aromatic nitrogens is 3. The van der Waals surface area contributed by atoms with Crippen LogP contribution in [-0.2, 0) is 4.74 Å². The topological polar surface area (TPSA) is 59.7 Å². The van der Waals surface area contributed by atoms with E-state index in [1.807, 2.05) is 42.5 Å². The summed E-state index contributed by atoms with van der Waals surface area (Å²) >= 11 is 3.50. The highest BCUT2D eigenvalue weighted by atomic mass is 79.9. The molecular weight excluding hydrogens is 384 g/mol. The van der Waals surface area contributed by atoms with E-state index in [1.54, 1.807) is 0 Å². The van der Waals surface area contributed by atoms with Crippen LogP contribution in [0.2, 0.25) is 0 Å². The average molecular weight is 407 g/mol. The van der Waals surface area contributed by atoms with E-state index in [2.05, 4.69) is 20.9 Å². The Labute approximate surface area is 155 Å². The summed E-state index contributed by atoms with van der Waals surface area (Å²) in [5, 5.41) is 0. The van der Waals surface area contributed by atoms with E-state index in [0.717, 1.165) is 34.5 Å². The summed E-state index contributed by atoms with van der Waals surface area (Å²) in [7, 11) is 0. The van der Waals surface area contributed by atoms with Crippen molar-refractivity contribution in [3.05, 3.63) is 28.4 Å². The number of rotatable bonds is 2. The normalized spacial score (nSPS) is 21.1. The van der Waals surface area contributed by atoms with Crippen molar-refractivity contribution in [3.63, 3.8) is 0 Å². The summed E-state index contributed by atoms with van der Waals surface area (Å²) in [6.07, 6.45) is 7.94. The third kappa shape index (κ3) is 3.38. The van der Waals surface area contributed by atoms with Gasteiger partial charge < -0.3 is 9.14 Å². The van der Waals surface area contributed by atoms with Crippen LogP contribution in [0.4, 0.5) is 4.79 Å². The fraction of sp³-hybridized carbons (Fsp3) is 0.611. The summed E-state index contributed by atoms with van der Waals surface area (Å²) in [4.78, 5) is 23.9. The maximum atomic E-state index is 12.5. The van der Waals surface area contributed by atoms with Crippen molar-refractivity contribution in [2.24, 2.45) is 0 Å². The molecule has 2 aromatic rings. The van der Waals surface area contributed by atoms with Gasteiger partial charge in [0.15, 0.2) is 5.65 Å². The second-order valence-corrected chi connectivity index (χ2v) is 8.76. The number of fused-ring (bicyclic) bond motifs is 1. The van der Waals surface area contributed by atoms with Crippen LogP contribution in [0.5, 0.6) is 0 Å². The van der Waals surface area contributed by atoms with Gasteiger partial charge in [0.1, 0.15) is 10.2 Å². The van der Waals surface area contributed by atoms with Crippen LogP contribution in [0.15, 0.2) is 17.0 Å². The number of imidazole rings is 1. The first-order chi connectivity index (χ1) is 11.8. The lowest BCUT2D eigenvalue weighted by Gasteiger charge is -2.27. The van der Waals surface area contributed by atoms with Gasteiger partial charge >= 0.3 is 6.09 Å². The third-order valence-electron chi connectivity index (χ3n) is 4.64. The Kier molecular flexibility index (Phi) is 4.02. The summed E-state index contributed by atoms with van der Waals surface area (Å²) < 4.78 is 8.43. The van der Waals surface area contributed by atoms with Crippen LogP contribution in [0.3, 0.4) is 0 Å². The van der Waals surface area contributed by atoms with Gasteiger partial charge in [-0.2, -0.15) is 0 Å². The van der Waals surface area contributed by atoms with Crippen LogP contribution in [-0.4, -0.2) is 37.5 Å². The summed E-state index contributed by atoms with van der Waals surface area (Å²) in [6, 6.07) is -0.0272. The number of hydrogen-bond donors (Lipinski definition) is 0. The Hall–Kier alpha value is -1.63. The molecule has 25 heavy (non-hydrogen) atoms. The Balaban J connectivity index is 1.66. The zero-order chi connectivity index (χ0) is 17.8. The highest BCUT2D eigenvalue weighted by Crippen LogP contribution is 2.42. The minimum atomic E-state index is -0.489. The largest absolute Gasteiger partial charge is 0.444 e. The molecule has 1 aliphatic carbocycles. The van der Waals surface area contributed by atoms with E-state index in [0.29, 0.717) is 12.5 Å². The van der Waals surface area contributed by atoms with Crippen molar-refractivity contribution in [2.75, 3.05) is 6.54 Å². The molecule has 3 heterocycles. The number of hydrogen-bond acceptors (Lipinski definition) is 4. The van der Waals surface area contributed by atoms with E-state index >= 15 is 0 Å². The second kappa shape index (κ2) is 5.97. The smallest absolute Gasteiger partial charge is 0.410 e. The highest BCUT2D eigenvalue weighted by molar-refractivity contribution is 9.10. The Morgan fingerprint density at radius 2 is 2.00 bits per heavy atom. The Bertz CT molecular complexity index is 822. The molecule has 1 unspecified atom stereocenters. The minimum absolute atomic E-state index is 0.0272. The van der Waals surface area contributed by atoms with Crippen LogP contribution >= 0.6 is 15.9 Å². The molecule has 0 N–H and O–H groups in total. The highest BCUT2D eigenvalue weighted by Gasteiger charge is 2.35. The summed E-state index contributed by atoms with van der Waals surface area (Å²) in [6.45, 7) is 6.40. The van der Waals surface area contributed by atoms with E-state index in [9.17, 15) is 4.79 Å². The monoisotopic (exact) mass is 406 g/mol. The zero-order valence-corrected chi connectivity index (χ0v) is 16.4. The van der Waals surface area contributed by atoms with Crippen molar-refractivity contribution < 1.29 is 9.53 Å². The maximum Gasteiger partial charge on any atom is 0.410 e. The van der Waals surface area contributed by atoms with Gasteiger partial charge in [0.2, 0.25) is 0 Å². The molecule has 1 amide bonds. The minimum Gasteiger partial charge on any atom is -0.444 e. The lowest BCUT2D eigenvalue weighted by molar-refractivity contribution is 0.0222. The molecule has 0 radical (unpaired) electrons. The van der Waals surface area contributed by atoms with Crippen LogP contribution in [0.1, 0.15) is 69.8 Å². The fourth-order valence-electron chi connectivity index (χ4n) is 3.41. The summed E-state index contributed by atoms with van der Waals surface area (Å²) in [5.41, 5.74) is 2.40. The molecule has 134 valence electrons. The standard InChI is InChI=1S/C18H23BrN4O2/c1-18(2,3)25-17(24)23-8-4-5-13(23)12-9-22-10-14(19)21-15(11-6-7-11)16(22)20-12/h9-11,13H,4-8H2,1-3H3. The molecule has 1 saturated carbocycles. The molecular formula is C18H23BrN4O2. The van der Waals surface area contributed by atoms with Gasteiger partial charge in [-0.05, 0) is 62.4 Å². The van der Waals surface area contributed by atoms with E-state index in [1.165, 1.54) is 12.8 Å². The molecule has 4 rings (SSSR count). The molecule has 2 fully saturated rings. The van der Waals surface area contributed by atoms with Gasteiger partial charge in [0.25, 0.3) is 0 Å². The first-order valence-corrected chi connectivity index (χ1v) is 9.66. The maximum absolute atomic E-state index is 12.5. The van der Waals surface area contributed by atoms with Crippen LogP contribution in [0.25, 0.3) is 5.65 Å². The van der Waals surface area contributed by atoms with Gasteiger partial charge in [0.05, 0.1) is 17.4 Å². The van der Waals surface area contributed by atoms with Crippen molar-refractivity contribution in [3.8, 4) is 0 Å². The number of nitrogens with zero attached hydrogens (tertiary/aromatic N) is 4. The first-order valence-electron chi connectivity index (χ1n) is 8.86. The number of carbonyl (C=O) groups excluding carboxylic acids is 1. The Morgan fingerprint density at radius 1 is 1.24 bits per heavy atom. The summed E-state index contributed by atoms with van der Waals surface area (Å²) in [5.74, 6) is 0.515. The second-order valence-electron chi connectivity index (χ2n) is 7.95. The molecule has 0 bridgehead atoms. The van der Waals surface area contributed by atoms with Crippen LogP contribution < -0.4 is 0 Å². The molecule has 2 aliphatic rings. The van der Waals surface area contributed by atoms with E-state index < -0.39 is 5.60 Å². The Morgan fingerprint density at radius 3 is 2.68 bits per heavy atom. The van der Waals surface area contributed by atoms with Crippen molar-refractivity contribution in [1.29, 1.82) is 0 Å². The molecule has 0 spiro atoms. The molecule has 1 aliphatic heterocycles. The third-order valence-corrected chi connectivity index (χ3v) is 5.02. The number of likely N-dealkylation sites (tertiary alicyclic amines) is 1. The first kappa shape index (κ1) is 16.8. The quantitative estimate of drug-likeness (QED) is 0.739. The molecule has 1 atom stereocenters. The van der Waals surface area contributed by atoms with Gasteiger partial charge in [-0.25, -0.2) is 14.8 Å². The van der Waals surface area contributed by atoms with E-state index in [-0.39, 0.29) is 12.1 Å². The van der Waals surface area contributed by atoms with Crippen LogP contribution in [0, 0.1) is 0 Å². The molecule has 0 aromatic carbocycles.